The van der Waals surface area contributed by atoms with E-state index in [2.05, 4.69) is 4.98 Å². The van der Waals surface area contributed by atoms with Gasteiger partial charge in [0, 0.05) is 16.7 Å². The van der Waals surface area contributed by atoms with Crippen LogP contribution >= 0.6 is 22.6 Å². The highest BCUT2D eigenvalue weighted by Gasteiger charge is 2.33. The number of hydrogen-bond donors (Lipinski definition) is 0. The predicted octanol–water partition coefficient (Wildman–Crippen LogP) is 3.31. The van der Waals surface area contributed by atoms with Crippen molar-refractivity contribution in [3.63, 3.8) is 0 Å². The van der Waals surface area contributed by atoms with Crippen molar-refractivity contribution >= 4 is 28.4 Å². The maximum absolute atomic E-state index is 12.6. The maximum atomic E-state index is 12.6. The SMILES string of the molecule is FC(F)(F)c1cc(I)cc(N2CCCC2)n1. The molecular formula is C10H10F3IN2. The van der Waals surface area contributed by atoms with Gasteiger partial charge in [0.15, 0.2) is 0 Å². The van der Waals surface area contributed by atoms with Crippen LogP contribution in [0.1, 0.15) is 18.5 Å². The van der Waals surface area contributed by atoms with Gasteiger partial charge in [-0.25, -0.2) is 4.98 Å². The number of pyridine rings is 1. The van der Waals surface area contributed by atoms with E-state index in [1.54, 1.807) is 6.07 Å². The molecule has 2 nitrogen and oxygen atoms in total. The third kappa shape index (κ3) is 2.58. The summed E-state index contributed by atoms with van der Waals surface area (Å²) in [7, 11) is 0. The number of hydrogen-bond acceptors (Lipinski definition) is 2. The van der Waals surface area contributed by atoms with Crippen LogP contribution in [0.25, 0.3) is 0 Å². The summed E-state index contributed by atoms with van der Waals surface area (Å²) in [6, 6.07) is 2.77. The van der Waals surface area contributed by atoms with Crippen molar-refractivity contribution in [1.82, 2.24) is 4.98 Å². The Morgan fingerprint density at radius 3 is 2.38 bits per heavy atom. The van der Waals surface area contributed by atoms with Crippen LogP contribution < -0.4 is 4.90 Å². The first-order chi connectivity index (χ1) is 7.47. The number of alkyl halides is 3. The molecule has 1 aliphatic heterocycles. The summed E-state index contributed by atoms with van der Waals surface area (Å²) in [5.41, 5.74) is -0.804. The van der Waals surface area contributed by atoms with Gasteiger partial charge in [0.1, 0.15) is 11.5 Å². The van der Waals surface area contributed by atoms with Gasteiger partial charge in [-0.1, -0.05) is 0 Å². The number of rotatable bonds is 1. The zero-order valence-electron chi connectivity index (χ0n) is 8.39. The summed E-state index contributed by atoms with van der Waals surface area (Å²) in [5, 5.41) is 0. The van der Waals surface area contributed by atoms with Crippen LogP contribution in [-0.4, -0.2) is 18.1 Å². The molecule has 1 saturated heterocycles. The minimum Gasteiger partial charge on any atom is -0.357 e. The van der Waals surface area contributed by atoms with Gasteiger partial charge in [-0.05, 0) is 47.6 Å². The van der Waals surface area contributed by atoms with Gasteiger partial charge in [-0.15, -0.1) is 0 Å². The normalized spacial score (nSPS) is 16.9. The number of anilines is 1. The average Bonchev–Trinajstić information content (AvgIpc) is 2.68. The summed E-state index contributed by atoms with van der Waals surface area (Å²) < 4.78 is 38.2. The minimum absolute atomic E-state index is 0.441. The Morgan fingerprint density at radius 1 is 1.19 bits per heavy atom. The highest BCUT2D eigenvalue weighted by molar-refractivity contribution is 14.1. The van der Waals surface area contributed by atoms with Gasteiger partial charge in [-0.3, -0.25) is 0 Å². The van der Waals surface area contributed by atoms with Crippen molar-refractivity contribution in [2.45, 2.75) is 19.0 Å². The number of halogens is 4. The van der Waals surface area contributed by atoms with Crippen molar-refractivity contribution in [3.8, 4) is 0 Å². The van der Waals surface area contributed by atoms with Crippen molar-refractivity contribution in [3.05, 3.63) is 21.4 Å². The second-order valence-corrected chi connectivity index (χ2v) is 4.97. The van der Waals surface area contributed by atoms with E-state index in [1.165, 1.54) is 0 Å². The van der Waals surface area contributed by atoms with E-state index < -0.39 is 11.9 Å². The van der Waals surface area contributed by atoms with E-state index in [9.17, 15) is 13.2 Å². The van der Waals surface area contributed by atoms with E-state index in [0.717, 1.165) is 32.0 Å². The topological polar surface area (TPSA) is 16.1 Å². The molecule has 2 heterocycles. The number of nitrogens with zero attached hydrogens (tertiary/aromatic N) is 2. The Kier molecular flexibility index (Phi) is 3.27. The highest BCUT2D eigenvalue weighted by Crippen LogP contribution is 2.31. The van der Waals surface area contributed by atoms with Crippen LogP contribution in [0.5, 0.6) is 0 Å². The second kappa shape index (κ2) is 4.38. The zero-order valence-corrected chi connectivity index (χ0v) is 10.5. The van der Waals surface area contributed by atoms with Gasteiger partial charge >= 0.3 is 6.18 Å². The van der Waals surface area contributed by atoms with E-state index in [0.29, 0.717) is 9.39 Å². The van der Waals surface area contributed by atoms with Gasteiger partial charge < -0.3 is 4.90 Å². The van der Waals surface area contributed by atoms with Gasteiger partial charge in [0.05, 0.1) is 0 Å². The molecule has 0 spiro atoms. The Labute approximate surface area is 105 Å². The fourth-order valence-corrected chi connectivity index (χ4v) is 2.31. The lowest BCUT2D eigenvalue weighted by Crippen LogP contribution is -2.21. The fraction of sp³-hybridized carbons (Fsp3) is 0.500. The molecule has 0 bridgehead atoms. The molecule has 0 atom stereocenters. The molecule has 16 heavy (non-hydrogen) atoms. The maximum Gasteiger partial charge on any atom is 0.433 e. The van der Waals surface area contributed by atoms with Crippen LogP contribution in [0.15, 0.2) is 12.1 Å². The van der Waals surface area contributed by atoms with E-state index in [4.69, 9.17) is 0 Å². The molecule has 0 aliphatic carbocycles. The van der Waals surface area contributed by atoms with Gasteiger partial charge in [0.2, 0.25) is 0 Å². The summed E-state index contributed by atoms with van der Waals surface area (Å²) in [6.07, 6.45) is -2.32. The van der Waals surface area contributed by atoms with Crippen molar-refractivity contribution < 1.29 is 13.2 Å². The molecule has 1 aromatic heterocycles. The molecule has 1 fully saturated rings. The largest absolute Gasteiger partial charge is 0.433 e. The highest BCUT2D eigenvalue weighted by atomic mass is 127. The summed E-state index contributed by atoms with van der Waals surface area (Å²) in [4.78, 5) is 5.58. The van der Waals surface area contributed by atoms with Crippen molar-refractivity contribution in [2.75, 3.05) is 18.0 Å². The molecule has 0 amide bonds. The first-order valence-corrected chi connectivity index (χ1v) is 6.04. The molecule has 0 radical (unpaired) electrons. The Hall–Kier alpha value is -0.530. The van der Waals surface area contributed by atoms with Crippen LogP contribution in [0, 0.1) is 3.57 Å². The average molecular weight is 342 g/mol. The molecule has 0 aromatic carbocycles. The molecule has 1 aliphatic rings. The summed E-state index contributed by atoms with van der Waals surface area (Å²) in [5.74, 6) is 0.441. The smallest absolute Gasteiger partial charge is 0.357 e. The Balaban J connectivity index is 2.35. The quantitative estimate of drug-likeness (QED) is 0.728. The molecular weight excluding hydrogens is 332 g/mol. The molecule has 0 N–H and O–H groups in total. The molecule has 88 valence electrons. The van der Waals surface area contributed by atoms with Crippen LogP contribution in [0.2, 0.25) is 0 Å². The predicted molar refractivity (Wildman–Crippen MR) is 63.4 cm³/mol. The van der Waals surface area contributed by atoms with Gasteiger partial charge in [-0.2, -0.15) is 13.2 Å². The van der Waals surface area contributed by atoms with E-state index in [-0.39, 0.29) is 0 Å². The summed E-state index contributed by atoms with van der Waals surface area (Å²) >= 11 is 1.89. The zero-order chi connectivity index (χ0) is 11.8. The minimum atomic E-state index is -4.37. The standard InChI is InChI=1S/C10H10F3IN2/c11-10(12,13)8-5-7(14)6-9(15-8)16-3-1-2-4-16/h5-6H,1-4H2. The van der Waals surface area contributed by atoms with Gasteiger partial charge in [0.25, 0.3) is 0 Å². The van der Waals surface area contributed by atoms with Crippen LogP contribution in [0.3, 0.4) is 0 Å². The van der Waals surface area contributed by atoms with Crippen molar-refractivity contribution in [1.29, 1.82) is 0 Å². The lowest BCUT2D eigenvalue weighted by Gasteiger charge is -2.18. The first kappa shape index (κ1) is 11.9. The van der Waals surface area contributed by atoms with E-state index in [1.807, 2.05) is 27.5 Å². The van der Waals surface area contributed by atoms with Crippen LogP contribution in [0.4, 0.5) is 19.0 Å². The number of aromatic nitrogens is 1. The second-order valence-electron chi connectivity index (χ2n) is 3.72. The molecule has 2 rings (SSSR count). The molecule has 0 unspecified atom stereocenters. The fourth-order valence-electron chi connectivity index (χ4n) is 1.74. The summed E-state index contributed by atoms with van der Waals surface area (Å²) in [6.45, 7) is 1.59. The van der Waals surface area contributed by atoms with E-state index >= 15 is 0 Å². The molecule has 0 saturated carbocycles. The third-order valence-corrected chi connectivity index (χ3v) is 3.12. The Bertz CT molecular complexity index is 386. The lowest BCUT2D eigenvalue weighted by atomic mass is 10.3. The first-order valence-electron chi connectivity index (χ1n) is 4.96. The lowest BCUT2D eigenvalue weighted by molar-refractivity contribution is -0.141. The van der Waals surface area contributed by atoms with Crippen LogP contribution in [-0.2, 0) is 6.18 Å². The Morgan fingerprint density at radius 2 is 1.81 bits per heavy atom. The monoisotopic (exact) mass is 342 g/mol. The molecule has 1 aromatic rings. The van der Waals surface area contributed by atoms with Crippen molar-refractivity contribution in [2.24, 2.45) is 0 Å². The third-order valence-electron chi connectivity index (χ3n) is 2.50. The molecule has 6 heteroatoms.